The smallest absolute Gasteiger partial charge is 0.291 e. The van der Waals surface area contributed by atoms with E-state index in [1.807, 2.05) is 0 Å². The van der Waals surface area contributed by atoms with Crippen LogP contribution in [0.1, 0.15) is 17.0 Å². The van der Waals surface area contributed by atoms with Crippen molar-refractivity contribution in [2.45, 2.75) is 12.5 Å². The Labute approximate surface area is 127 Å². The lowest BCUT2D eigenvalue weighted by molar-refractivity contribution is 0.0758. The van der Waals surface area contributed by atoms with Gasteiger partial charge in [0.2, 0.25) is 5.82 Å². The maximum Gasteiger partial charge on any atom is 0.291 e. The zero-order chi connectivity index (χ0) is 15.4. The second kappa shape index (κ2) is 6.33. The van der Waals surface area contributed by atoms with Gasteiger partial charge in [-0.25, -0.2) is 19.9 Å². The van der Waals surface area contributed by atoms with Crippen LogP contribution in [0, 0.1) is 0 Å². The molecule has 2 aromatic heterocycles. The van der Waals surface area contributed by atoms with Gasteiger partial charge in [-0.2, -0.15) is 0 Å². The van der Waals surface area contributed by atoms with Crippen molar-refractivity contribution in [3.63, 3.8) is 0 Å². The number of methoxy groups -OCH3 is 1. The Kier molecular flexibility index (Phi) is 4.08. The number of carbonyl (C=O) groups excluding carboxylic acids is 1. The number of hydrogen-bond acceptors (Lipinski definition) is 7. The van der Waals surface area contributed by atoms with Crippen molar-refractivity contribution in [1.29, 1.82) is 0 Å². The van der Waals surface area contributed by atoms with Gasteiger partial charge in [0.15, 0.2) is 0 Å². The van der Waals surface area contributed by atoms with Crippen LogP contribution in [-0.4, -0.2) is 57.0 Å². The number of amides is 1. The Morgan fingerprint density at radius 1 is 1.14 bits per heavy atom. The van der Waals surface area contributed by atoms with Gasteiger partial charge in [0.1, 0.15) is 6.10 Å². The molecule has 1 atom stereocenters. The Balaban J connectivity index is 1.64. The first-order valence-corrected chi connectivity index (χ1v) is 6.86. The third-order valence-corrected chi connectivity index (χ3v) is 3.29. The molecule has 0 spiro atoms. The van der Waals surface area contributed by atoms with Crippen LogP contribution in [0.15, 0.2) is 30.9 Å². The van der Waals surface area contributed by atoms with E-state index in [9.17, 15) is 4.79 Å². The molecule has 22 heavy (non-hydrogen) atoms. The van der Waals surface area contributed by atoms with Crippen molar-refractivity contribution in [3.05, 3.63) is 36.7 Å². The summed E-state index contributed by atoms with van der Waals surface area (Å²) in [6.45, 7) is 1.04. The molecule has 8 nitrogen and oxygen atoms in total. The van der Waals surface area contributed by atoms with Crippen LogP contribution in [0.3, 0.4) is 0 Å². The van der Waals surface area contributed by atoms with Gasteiger partial charge in [0.05, 0.1) is 13.7 Å². The number of rotatable bonds is 4. The molecule has 1 saturated heterocycles. The molecule has 114 valence electrons. The summed E-state index contributed by atoms with van der Waals surface area (Å²) >= 11 is 0. The monoisotopic (exact) mass is 301 g/mol. The normalized spacial score (nSPS) is 17.3. The van der Waals surface area contributed by atoms with E-state index in [2.05, 4.69) is 19.9 Å². The fraction of sp³-hybridized carbons (Fsp3) is 0.357. The largest absolute Gasteiger partial charge is 0.477 e. The van der Waals surface area contributed by atoms with Crippen LogP contribution < -0.4 is 9.47 Å². The van der Waals surface area contributed by atoms with Crippen LogP contribution in [0.25, 0.3) is 0 Å². The number of nitrogens with zero attached hydrogens (tertiary/aromatic N) is 5. The lowest BCUT2D eigenvalue weighted by Crippen LogP contribution is -2.32. The van der Waals surface area contributed by atoms with Crippen molar-refractivity contribution < 1.29 is 14.3 Å². The van der Waals surface area contributed by atoms with E-state index in [1.165, 1.54) is 19.5 Å². The van der Waals surface area contributed by atoms with E-state index < -0.39 is 0 Å². The Bertz CT molecular complexity index is 652. The van der Waals surface area contributed by atoms with E-state index in [4.69, 9.17) is 9.47 Å². The van der Waals surface area contributed by atoms with Crippen molar-refractivity contribution in [2.24, 2.45) is 0 Å². The van der Waals surface area contributed by atoms with Crippen molar-refractivity contribution in [1.82, 2.24) is 24.8 Å². The molecule has 1 unspecified atom stereocenters. The van der Waals surface area contributed by atoms with Crippen molar-refractivity contribution in [3.8, 4) is 11.8 Å². The quantitative estimate of drug-likeness (QED) is 0.815. The van der Waals surface area contributed by atoms with E-state index >= 15 is 0 Å². The van der Waals surface area contributed by atoms with Crippen molar-refractivity contribution in [2.75, 3.05) is 20.2 Å². The fourth-order valence-electron chi connectivity index (χ4n) is 2.25. The van der Waals surface area contributed by atoms with Crippen LogP contribution in [0.2, 0.25) is 0 Å². The summed E-state index contributed by atoms with van der Waals surface area (Å²) in [7, 11) is 1.51. The molecule has 3 rings (SSSR count). The number of ether oxygens (including phenoxy) is 2. The number of aromatic nitrogens is 4. The standard InChI is InChI=1S/C14H15N5O3/c1-21-12-13(18-7-6-17-12)22-10-3-8-19(9-10)14(20)11-15-4-2-5-16-11/h2,4-7,10H,3,8-9H2,1H3. The molecule has 1 amide bonds. The van der Waals surface area contributed by atoms with Crippen LogP contribution >= 0.6 is 0 Å². The van der Waals surface area contributed by atoms with Crippen LogP contribution in [0.5, 0.6) is 11.8 Å². The lowest BCUT2D eigenvalue weighted by Gasteiger charge is -2.16. The predicted molar refractivity (Wildman–Crippen MR) is 75.6 cm³/mol. The summed E-state index contributed by atoms with van der Waals surface area (Å²) in [5.74, 6) is 0.664. The second-order valence-corrected chi connectivity index (χ2v) is 4.72. The summed E-state index contributed by atoms with van der Waals surface area (Å²) < 4.78 is 10.9. The highest BCUT2D eigenvalue weighted by atomic mass is 16.5. The number of hydrogen-bond donors (Lipinski definition) is 0. The second-order valence-electron chi connectivity index (χ2n) is 4.72. The first-order valence-electron chi connectivity index (χ1n) is 6.86. The predicted octanol–water partition coefficient (Wildman–Crippen LogP) is 0.569. The highest BCUT2D eigenvalue weighted by Gasteiger charge is 2.30. The SMILES string of the molecule is COc1nccnc1OC1CCN(C(=O)c2ncccn2)C1. The minimum absolute atomic E-state index is 0.154. The highest BCUT2D eigenvalue weighted by molar-refractivity contribution is 5.90. The summed E-state index contributed by atoms with van der Waals surface area (Å²) in [6.07, 6.45) is 6.72. The van der Waals surface area contributed by atoms with Gasteiger partial charge in [-0.1, -0.05) is 0 Å². The van der Waals surface area contributed by atoms with Gasteiger partial charge >= 0.3 is 0 Å². The fourth-order valence-corrected chi connectivity index (χ4v) is 2.25. The van der Waals surface area contributed by atoms with Crippen LogP contribution in [0.4, 0.5) is 0 Å². The summed E-state index contributed by atoms with van der Waals surface area (Å²) in [6, 6.07) is 1.67. The van der Waals surface area contributed by atoms with E-state index in [0.29, 0.717) is 31.3 Å². The van der Waals surface area contributed by atoms with Gasteiger partial charge in [0, 0.05) is 37.8 Å². The van der Waals surface area contributed by atoms with Gasteiger partial charge in [-0.3, -0.25) is 4.79 Å². The molecule has 8 heteroatoms. The lowest BCUT2D eigenvalue weighted by atomic mass is 10.3. The Morgan fingerprint density at radius 2 is 1.86 bits per heavy atom. The molecule has 0 aliphatic carbocycles. The van der Waals surface area contributed by atoms with E-state index in [0.717, 1.165) is 0 Å². The maximum atomic E-state index is 12.3. The first kappa shape index (κ1) is 14.2. The zero-order valence-electron chi connectivity index (χ0n) is 12.0. The molecule has 0 saturated carbocycles. The third kappa shape index (κ3) is 2.95. The summed E-state index contributed by atoms with van der Waals surface area (Å²) in [5, 5.41) is 0. The third-order valence-electron chi connectivity index (χ3n) is 3.29. The molecular weight excluding hydrogens is 286 g/mol. The van der Waals surface area contributed by atoms with Gasteiger partial charge in [-0.15, -0.1) is 0 Å². The Hall–Kier alpha value is -2.77. The highest BCUT2D eigenvalue weighted by Crippen LogP contribution is 2.24. The molecule has 2 aromatic rings. The Morgan fingerprint density at radius 3 is 2.59 bits per heavy atom. The van der Waals surface area contributed by atoms with Crippen LogP contribution in [-0.2, 0) is 0 Å². The van der Waals surface area contributed by atoms with E-state index in [1.54, 1.807) is 23.4 Å². The molecule has 1 aliphatic rings. The van der Waals surface area contributed by atoms with Gasteiger partial charge < -0.3 is 14.4 Å². The molecule has 0 bridgehead atoms. The molecule has 0 N–H and O–H groups in total. The van der Waals surface area contributed by atoms with Gasteiger partial charge in [0.25, 0.3) is 17.7 Å². The molecule has 1 fully saturated rings. The zero-order valence-corrected chi connectivity index (χ0v) is 12.0. The number of likely N-dealkylation sites (tertiary alicyclic amines) is 1. The average molecular weight is 301 g/mol. The van der Waals surface area contributed by atoms with Crippen molar-refractivity contribution >= 4 is 5.91 Å². The van der Waals surface area contributed by atoms with Gasteiger partial charge in [-0.05, 0) is 6.07 Å². The molecule has 0 radical (unpaired) electrons. The molecule has 1 aliphatic heterocycles. The summed E-state index contributed by atoms with van der Waals surface area (Å²) in [4.78, 5) is 30.0. The molecular formula is C14H15N5O3. The maximum absolute atomic E-state index is 12.3. The molecule has 3 heterocycles. The summed E-state index contributed by atoms with van der Waals surface area (Å²) in [5.41, 5.74) is 0. The first-order chi connectivity index (χ1) is 10.8. The van der Waals surface area contributed by atoms with E-state index in [-0.39, 0.29) is 17.8 Å². The topological polar surface area (TPSA) is 90.3 Å². The average Bonchev–Trinajstić information content (AvgIpc) is 3.04. The molecule has 0 aromatic carbocycles. The minimum Gasteiger partial charge on any atom is -0.477 e. The number of carbonyl (C=O) groups is 1. The minimum atomic E-state index is -0.196.